The lowest BCUT2D eigenvalue weighted by atomic mass is 10.1. The Labute approximate surface area is 126 Å². The van der Waals surface area contributed by atoms with Crippen molar-refractivity contribution in [1.29, 1.82) is 0 Å². The first-order chi connectivity index (χ1) is 10.1. The highest BCUT2D eigenvalue weighted by molar-refractivity contribution is 7.99. The summed E-state index contributed by atoms with van der Waals surface area (Å²) in [5.41, 5.74) is 2.53. The van der Waals surface area contributed by atoms with E-state index in [-0.39, 0.29) is 17.9 Å². The van der Waals surface area contributed by atoms with Crippen LogP contribution in [0, 0.1) is 6.92 Å². The number of aliphatic carboxylic acids is 1. The van der Waals surface area contributed by atoms with Crippen LogP contribution in [-0.2, 0) is 9.53 Å². The average Bonchev–Trinajstić information content (AvgIpc) is 2.99. The van der Waals surface area contributed by atoms with Crippen molar-refractivity contribution in [2.45, 2.75) is 37.6 Å². The zero-order valence-corrected chi connectivity index (χ0v) is 12.8. The zero-order valence-electron chi connectivity index (χ0n) is 11.9. The highest BCUT2D eigenvalue weighted by Crippen LogP contribution is 2.34. The molecule has 1 fully saturated rings. The first-order valence-electron chi connectivity index (χ1n) is 6.88. The van der Waals surface area contributed by atoms with E-state index in [2.05, 4.69) is 9.97 Å². The number of hydrogen-bond acceptors (Lipinski definition) is 5. The molecule has 3 rings (SSSR count). The van der Waals surface area contributed by atoms with Gasteiger partial charge in [0.2, 0.25) is 0 Å². The van der Waals surface area contributed by atoms with E-state index < -0.39 is 5.97 Å². The Balaban J connectivity index is 2.09. The summed E-state index contributed by atoms with van der Waals surface area (Å²) in [5.74, 6) is -0.858. The van der Waals surface area contributed by atoms with Gasteiger partial charge >= 0.3 is 5.97 Å². The largest absolute Gasteiger partial charge is 0.481 e. The number of aryl methyl sites for hydroxylation is 1. The molecule has 0 bridgehead atoms. The molecule has 3 heterocycles. The number of imidazole rings is 1. The number of pyridine rings is 1. The van der Waals surface area contributed by atoms with Crippen LogP contribution in [0.15, 0.2) is 17.3 Å². The Morgan fingerprint density at radius 2 is 2.33 bits per heavy atom. The summed E-state index contributed by atoms with van der Waals surface area (Å²) in [4.78, 5) is 20.0. The fraction of sp³-hybridized carbons (Fsp3) is 0.500. The summed E-state index contributed by atoms with van der Waals surface area (Å²) < 4.78 is 7.70. The van der Waals surface area contributed by atoms with Gasteiger partial charge in [-0.3, -0.25) is 9.36 Å². The van der Waals surface area contributed by atoms with Gasteiger partial charge in [-0.15, -0.1) is 0 Å². The number of fused-ring (bicyclic) bond motifs is 1. The average molecular weight is 307 g/mol. The second-order valence-electron chi connectivity index (χ2n) is 5.17. The van der Waals surface area contributed by atoms with Gasteiger partial charge in [0.05, 0.1) is 17.9 Å². The molecule has 2 atom stereocenters. The van der Waals surface area contributed by atoms with E-state index in [1.165, 1.54) is 11.8 Å². The van der Waals surface area contributed by atoms with Crippen LogP contribution in [0.5, 0.6) is 0 Å². The first-order valence-corrected chi connectivity index (χ1v) is 7.86. The van der Waals surface area contributed by atoms with Gasteiger partial charge in [-0.05, 0) is 32.4 Å². The Morgan fingerprint density at radius 1 is 1.52 bits per heavy atom. The minimum atomic E-state index is -0.849. The maximum absolute atomic E-state index is 10.8. The second-order valence-corrected chi connectivity index (χ2v) is 6.12. The number of carbonyl (C=O) groups is 1. The van der Waals surface area contributed by atoms with Crippen molar-refractivity contribution in [3.8, 4) is 0 Å². The molecule has 1 N–H and O–H groups in total. The van der Waals surface area contributed by atoms with Gasteiger partial charge in [0.25, 0.3) is 0 Å². The maximum atomic E-state index is 10.8. The zero-order chi connectivity index (χ0) is 15.0. The van der Waals surface area contributed by atoms with Crippen LogP contribution in [0.2, 0.25) is 0 Å². The highest BCUT2D eigenvalue weighted by atomic mass is 32.2. The topological polar surface area (TPSA) is 77.2 Å². The van der Waals surface area contributed by atoms with E-state index >= 15 is 0 Å². The Bertz CT molecular complexity index is 685. The van der Waals surface area contributed by atoms with Crippen LogP contribution in [0.4, 0.5) is 0 Å². The van der Waals surface area contributed by atoms with Gasteiger partial charge in [-0.25, -0.2) is 9.97 Å². The number of nitrogens with zero attached hydrogens (tertiary/aromatic N) is 3. The molecule has 0 amide bonds. The van der Waals surface area contributed by atoms with Crippen LogP contribution in [0.1, 0.15) is 25.1 Å². The summed E-state index contributed by atoms with van der Waals surface area (Å²) in [6, 6.07) is 4.00. The molecule has 0 radical (unpaired) electrons. The lowest BCUT2D eigenvalue weighted by Gasteiger charge is -2.18. The first kappa shape index (κ1) is 14.3. The summed E-state index contributed by atoms with van der Waals surface area (Å²) in [5, 5.41) is 9.61. The monoisotopic (exact) mass is 307 g/mol. The third kappa shape index (κ3) is 2.75. The summed E-state index contributed by atoms with van der Waals surface area (Å²) in [7, 11) is 0. The van der Waals surface area contributed by atoms with Crippen molar-refractivity contribution in [3.05, 3.63) is 17.8 Å². The molecule has 0 aliphatic carbocycles. The predicted octanol–water partition coefficient (Wildman–Crippen LogP) is 2.27. The summed E-state index contributed by atoms with van der Waals surface area (Å²) >= 11 is 1.23. The number of carboxylic acids is 1. The summed E-state index contributed by atoms with van der Waals surface area (Å²) in [6.45, 7) is 4.68. The molecule has 0 spiro atoms. The van der Waals surface area contributed by atoms with Crippen LogP contribution in [0.3, 0.4) is 0 Å². The molecule has 2 unspecified atom stereocenters. The maximum Gasteiger partial charge on any atom is 0.313 e. The number of aromatic nitrogens is 3. The van der Waals surface area contributed by atoms with Gasteiger partial charge in [0, 0.05) is 12.3 Å². The fourth-order valence-corrected chi connectivity index (χ4v) is 3.41. The minimum Gasteiger partial charge on any atom is -0.481 e. The minimum absolute atomic E-state index is 0.00966. The van der Waals surface area contributed by atoms with Crippen molar-refractivity contribution in [2.24, 2.45) is 0 Å². The van der Waals surface area contributed by atoms with Gasteiger partial charge in [-0.1, -0.05) is 11.8 Å². The van der Waals surface area contributed by atoms with E-state index in [4.69, 9.17) is 9.84 Å². The smallest absolute Gasteiger partial charge is 0.313 e. The Morgan fingerprint density at radius 3 is 3.00 bits per heavy atom. The fourth-order valence-electron chi connectivity index (χ4n) is 2.63. The molecule has 112 valence electrons. The van der Waals surface area contributed by atoms with Crippen molar-refractivity contribution >= 4 is 28.9 Å². The number of thioether (sulfide) groups is 1. The van der Waals surface area contributed by atoms with Crippen LogP contribution >= 0.6 is 11.8 Å². The van der Waals surface area contributed by atoms with Gasteiger partial charge < -0.3 is 9.84 Å². The van der Waals surface area contributed by atoms with E-state index in [1.54, 1.807) is 0 Å². The number of ether oxygens (including phenoxy) is 1. The molecule has 0 aromatic carbocycles. The van der Waals surface area contributed by atoms with E-state index in [9.17, 15) is 4.79 Å². The number of carboxylic acid groups (broad SMARTS) is 1. The number of rotatable bonds is 4. The molecule has 6 nitrogen and oxygen atoms in total. The molecule has 1 saturated heterocycles. The molecular formula is C14H17N3O3S. The second kappa shape index (κ2) is 5.65. The molecule has 21 heavy (non-hydrogen) atoms. The molecule has 1 aliphatic heterocycles. The van der Waals surface area contributed by atoms with Crippen molar-refractivity contribution in [1.82, 2.24) is 14.5 Å². The van der Waals surface area contributed by atoms with Crippen molar-refractivity contribution in [3.63, 3.8) is 0 Å². The van der Waals surface area contributed by atoms with Crippen molar-refractivity contribution in [2.75, 3.05) is 12.4 Å². The van der Waals surface area contributed by atoms with Crippen molar-refractivity contribution < 1.29 is 14.6 Å². The lowest BCUT2D eigenvalue weighted by Crippen LogP contribution is -2.18. The van der Waals surface area contributed by atoms with Crippen LogP contribution in [0.25, 0.3) is 11.2 Å². The summed E-state index contributed by atoms with van der Waals surface area (Å²) in [6.07, 6.45) is 0.969. The molecule has 1 aliphatic rings. The van der Waals surface area contributed by atoms with E-state index in [0.717, 1.165) is 23.3 Å². The Hall–Kier alpha value is -1.60. The van der Waals surface area contributed by atoms with Crippen LogP contribution in [-0.4, -0.2) is 44.1 Å². The molecule has 2 aromatic heterocycles. The lowest BCUT2D eigenvalue weighted by molar-refractivity contribution is -0.133. The molecule has 2 aromatic rings. The third-order valence-corrected chi connectivity index (χ3v) is 4.57. The quantitative estimate of drug-likeness (QED) is 0.873. The normalized spacial score (nSPS) is 22.0. The Kier molecular flexibility index (Phi) is 3.86. The molecular weight excluding hydrogens is 290 g/mol. The van der Waals surface area contributed by atoms with Crippen LogP contribution < -0.4 is 0 Å². The molecule has 7 heteroatoms. The molecule has 0 saturated carbocycles. The third-order valence-electron chi connectivity index (χ3n) is 3.64. The van der Waals surface area contributed by atoms with Gasteiger partial charge in [0.1, 0.15) is 5.52 Å². The van der Waals surface area contributed by atoms with E-state index in [1.807, 2.05) is 30.5 Å². The number of hydrogen-bond donors (Lipinski definition) is 1. The SMILES string of the molecule is Cc1ccc2nc(SCC(=O)O)n(C3CCOC3C)c2n1. The van der Waals surface area contributed by atoms with E-state index in [0.29, 0.717) is 11.8 Å². The van der Waals surface area contributed by atoms with Gasteiger partial charge in [-0.2, -0.15) is 0 Å². The van der Waals surface area contributed by atoms with Gasteiger partial charge in [0.15, 0.2) is 10.8 Å². The standard InChI is InChI=1S/C14H17N3O3S/c1-8-3-4-10-13(15-8)17(11-5-6-20-9(11)2)14(16-10)21-7-12(18)19/h3-4,9,11H,5-7H2,1-2H3,(H,18,19). The predicted molar refractivity (Wildman–Crippen MR) is 79.7 cm³/mol. The highest BCUT2D eigenvalue weighted by Gasteiger charge is 2.30.